The summed E-state index contributed by atoms with van der Waals surface area (Å²) in [7, 11) is 0. The zero-order chi connectivity index (χ0) is 14.4. The van der Waals surface area contributed by atoms with Gasteiger partial charge in [-0.25, -0.2) is 9.67 Å². The monoisotopic (exact) mass is 289 g/mol. The molecular formula is C16H27N5. The minimum Gasteiger partial charge on any atom is -0.308 e. The SMILES string of the molecule is CCn1ncnc1CN1CC(C)(C2CC2)NCC1C1CC1. The maximum absolute atomic E-state index is 4.49. The lowest BCUT2D eigenvalue weighted by Crippen LogP contribution is -2.64. The molecular weight excluding hydrogens is 262 g/mol. The summed E-state index contributed by atoms with van der Waals surface area (Å²) in [6.07, 6.45) is 7.31. The van der Waals surface area contributed by atoms with Crippen LogP contribution in [0.25, 0.3) is 0 Å². The van der Waals surface area contributed by atoms with Crippen LogP contribution in [-0.4, -0.2) is 44.3 Å². The average Bonchev–Trinajstić information content (AvgIpc) is 3.36. The molecule has 1 aliphatic heterocycles. The lowest BCUT2D eigenvalue weighted by molar-refractivity contribution is 0.0547. The van der Waals surface area contributed by atoms with Gasteiger partial charge in [0.1, 0.15) is 12.2 Å². The van der Waals surface area contributed by atoms with Crippen molar-refractivity contribution in [3.8, 4) is 0 Å². The molecule has 3 fully saturated rings. The molecule has 2 atom stereocenters. The van der Waals surface area contributed by atoms with Crippen LogP contribution in [0.4, 0.5) is 0 Å². The Morgan fingerprint density at radius 3 is 2.81 bits per heavy atom. The number of nitrogens with one attached hydrogen (secondary N) is 1. The predicted molar refractivity (Wildman–Crippen MR) is 81.7 cm³/mol. The Morgan fingerprint density at radius 2 is 2.14 bits per heavy atom. The molecule has 2 saturated carbocycles. The van der Waals surface area contributed by atoms with Crippen LogP contribution in [0.3, 0.4) is 0 Å². The summed E-state index contributed by atoms with van der Waals surface area (Å²) in [5.74, 6) is 2.91. The van der Waals surface area contributed by atoms with Gasteiger partial charge in [-0.2, -0.15) is 5.10 Å². The Labute approximate surface area is 127 Å². The zero-order valence-corrected chi connectivity index (χ0v) is 13.3. The molecule has 0 aromatic carbocycles. The second-order valence-electron chi connectivity index (χ2n) is 7.37. The normalized spacial score (nSPS) is 34.3. The second kappa shape index (κ2) is 5.06. The number of piperazine rings is 1. The highest BCUT2D eigenvalue weighted by atomic mass is 15.4. The number of aromatic nitrogens is 3. The third-order valence-electron chi connectivity index (χ3n) is 5.70. The summed E-state index contributed by atoms with van der Waals surface area (Å²) in [5, 5.41) is 8.22. The van der Waals surface area contributed by atoms with Crippen LogP contribution in [0.5, 0.6) is 0 Å². The molecule has 1 aromatic rings. The van der Waals surface area contributed by atoms with Crippen molar-refractivity contribution < 1.29 is 0 Å². The van der Waals surface area contributed by atoms with Crippen LogP contribution in [0, 0.1) is 11.8 Å². The van der Waals surface area contributed by atoms with E-state index in [4.69, 9.17) is 0 Å². The average molecular weight is 289 g/mol. The van der Waals surface area contributed by atoms with Gasteiger partial charge in [-0.1, -0.05) is 0 Å². The Kier molecular flexibility index (Phi) is 3.30. The largest absolute Gasteiger partial charge is 0.308 e. The minimum atomic E-state index is 0.308. The van der Waals surface area contributed by atoms with E-state index in [0.29, 0.717) is 11.6 Å². The third-order valence-corrected chi connectivity index (χ3v) is 5.70. The van der Waals surface area contributed by atoms with Crippen LogP contribution in [0.2, 0.25) is 0 Å². The van der Waals surface area contributed by atoms with Crippen molar-refractivity contribution in [3.63, 3.8) is 0 Å². The molecule has 0 bridgehead atoms. The van der Waals surface area contributed by atoms with Gasteiger partial charge >= 0.3 is 0 Å². The van der Waals surface area contributed by atoms with Crippen molar-refractivity contribution in [2.75, 3.05) is 13.1 Å². The van der Waals surface area contributed by atoms with E-state index >= 15 is 0 Å². The van der Waals surface area contributed by atoms with Crippen molar-refractivity contribution in [1.29, 1.82) is 0 Å². The van der Waals surface area contributed by atoms with Gasteiger partial charge in [0.15, 0.2) is 0 Å². The predicted octanol–water partition coefficient (Wildman–Crippen LogP) is 1.65. The minimum absolute atomic E-state index is 0.308. The van der Waals surface area contributed by atoms with Crippen molar-refractivity contribution in [3.05, 3.63) is 12.2 Å². The Morgan fingerprint density at radius 1 is 1.33 bits per heavy atom. The van der Waals surface area contributed by atoms with Crippen LogP contribution in [0.15, 0.2) is 6.33 Å². The molecule has 1 saturated heterocycles. The van der Waals surface area contributed by atoms with Gasteiger partial charge in [-0.3, -0.25) is 4.90 Å². The van der Waals surface area contributed by atoms with E-state index in [2.05, 4.69) is 34.1 Å². The molecule has 2 unspecified atom stereocenters. The molecule has 5 nitrogen and oxygen atoms in total. The highest BCUT2D eigenvalue weighted by Crippen LogP contribution is 2.44. The molecule has 116 valence electrons. The van der Waals surface area contributed by atoms with Crippen LogP contribution >= 0.6 is 0 Å². The summed E-state index contributed by atoms with van der Waals surface area (Å²) >= 11 is 0. The van der Waals surface area contributed by atoms with E-state index in [9.17, 15) is 0 Å². The van der Waals surface area contributed by atoms with Crippen molar-refractivity contribution in [2.45, 2.75) is 64.2 Å². The third kappa shape index (κ3) is 2.61. The van der Waals surface area contributed by atoms with Crippen LogP contribution < -0.4 is 5.32 Å². The zero-order valence-electron chi connectivity index (χ0n) is 13.3. The summed E-state index contributed by atoms with van der Waals surface area (Å²) in [5.41, 5.74) is 0.308. The van der Waals surface area contributed by atoms with E-state index < -0.39 is 0 Å². The molecule has 0 amide bonds. The molecule has 2 heterocycles. The highest BCUT2D eigenvalue weighted by molar-refractivity contribution is 5.07. The second-order valence-corrected chi connectivity index (χ2v) is 7.37. The van der Waals surface area contributed by atoms with Crippen LogP contribution in [-0.2, 0) is 13.1 Å². The first-order valence-corrected chi connectivity index (χ1v) is 8.55. The number of nitrogens with zero attached hydrogens (tertiary/aromatic N) is 4. The maximum atomic E-state index is 4.49. The highest BCUT2D eigenvalue weighted by Gasteiger charge is 2.48. The fraction of sp³-hybridized carbons (Fsp3) is 0.875. The quantitative estimate of drug-likeness (QED) is 0.895. The van der Waals surface area contributed by atoms with Gasteiger partial charge in [0.05, 0.1) is 6.54 Å². The summed E-state index contributed by atoms with van der Waals surface area (Å²) in [6, 6.07) is 0.693. The van der Waals surface area contributed by atoms with E-state index in [1.54, 1.807) is 6.33 Å². The van der Waals surface area contributed by atoms with Gasteiger partial charge in [0, 0.05) is 31.2 Å². The first-order chi connectivity index (χ1) is 10.2. The van der Waals surface area contributed by atoms with E-state index in [1.165, 1.54) is 25.7 Å². The Balaban J connectivity index is 1.53. The first kappa shape index (κ1) is 13.7. The Hall–Kier alpha value is -0.940. The fourth-order valence-corrected chi connectivity index (χ4v) is 4.03. The molecule has 21 heavy (non-hydrogen) atoms. The van der Waals surface area contributed by atoms with Crippen molar-refractivity contribution in [1.82, 2.24) is 25.0 Å². The maximum Gasteiger partial charge on any atom is 0.141 e. The Bertz CT molecular complexity index is 505. The molecule has 5 heteroatoms. The fourth-order valence-electron chi connectivity index (χ4n) is 4.03. The molecule has 3 aliphatic rings. The molecule has 0 radical (unpaired) electrons. The van der Waals surface area contributed by atoms with Gasteiger partial charge in [0.2, 0.25) is 0 Å². The molecule has 1 N–H and O–H groups in total. The van der Waals surface area contributed by atoms with E-state index in [-0.39, 0.29) is 0 Å². The molecule has 1 aromatic heterocycles. The molecule has 0 spiro atoms. The summed E-state index contributed by atoms with van der Waals surface area (Å²) in [6.45, 7) is 8.75. The molecule has 2 aliphatic carbocycles. The van der Waals surface area contributed by atoms with Gasteiger partial charge in [0.25, 0.3) is 0 Å². The summed E-state index contributed by atoms with van der Waals surface area (Å²) in [4.78, 5) is 7.19. The number of hydrogen-bond donors (Lipinski definition) is 1. The van der Waals surface area contributed by atoms with Crippen molar-refractivity contribution >= 4 is 0 Å². The lowest BCUT2D eigenvalue weighted by Gasteiger charge is -2.47. The summed E-state index contributed by atoms with van der Waals surface area (Å²) < 4.78 is 2.04. The van der Waals surface area contributed by atoms with Gasteiger partial charge in [-0.15, -0.1) is 0 Å². The number of aryl methyl sites for hydroxylation is 1. The molecule has 4 rings (SSSR count). The van der Waals surface area contributed by atoms with E-state index in [0.717, 1.165) is 43.8 Å². The lowest BCUT2D eigenvalue weighted by atomic mass is 9.90. The van der Waals surface area contributed by atoms with Gasteiger partial charge < -0.3 is 5.32 Å². The number of hydrogen-bond acceptors (Lipinski definition) is 4. The van der Waals surface area contributed by atoms with E-state index in [1.807, 2.05) is 4.68 Å². The topological polar surface area (TPSA) is 46.0 Å². The van der Waals surface area contributed by atoms with Crippen molar-refractivity contribution in [2.24, 2.45) is 11.8 Å². The first-order valence-electron chi connectivity index (χ1n) is 8.55. The van der Waals surface area contributed by atoms with Crippen LogP contribution in [0.1, 0.15) is 45.4 Å². The van der Waals surface area contributed by atoms with Gasteiger partial charge in [-0.05, 0) is 51.4 Å². The number of rotatable bonds is 5. The smallest absolute Gasteiger partial charge is 0.141 e. The standard InChI is InChI=1S/C16H27N5/c1-3-21-15(17-11-19-21)9-20-10-16(2,13-6-7-13)18-8-14(20)12-4-5-12/h11-14,18H,3-10H2,1-2H3.